The Morgan fingerprint density at radius 2 is 2.32 bits per heavy atom. The molecule has 2 aromatic rings. The average molecular weight is 260 g/mol. The molecule has 0 fully saturated rings. The van der Waals surface area contributed by atoms with Gasteiger partial charge in [0.25, 0.3) is 5.91 Å². The largest absolute Gasteiger partial charge is 0.392 e. The Bertz CT molecular complexity index is 565. The van der Waals surface area contributed by atoms with Gasteiger partial charge >= 0.3 is 0 Å². The number of aliphatic hydroxyl groups excluding tert-OH is 1. The summed E-state index contributed by atoms with van der Waals surface area (Å²) in [6, 6.07) is 7.03. The van der Waals surface area contributed by atoms with E-state index in [0.29, 0.717) is 24.5 Å². The summed E-state index contributed by atoms with van der Waals surface area (Å²) in [6.45, 7) is 1.06. The normalized spacial score (nSPS) is 10.4. The molecule has 4 N–H and O–H groups in total. The van der Waals surface area contributed by atoms with Crippen LogP contribution >= 0.6 is 0 Å². The van der Waals surface area contributed by atoms with Crippen molar-refractivity contribution in [2.45, 2.75) is 13.2 Å². The number of hydrogen-bond donors (Lipinski definition) is 3. The number of anilines is 1. The molecule has 6 nitrogen and oxygen atoms in total. The summed E-state index contributed by atoms with van der Waals surface area (Å²) in [5, 5.41) is 11.8. The Morgan fingerprint density at radius 3 is 3.05 bits per heavy atom. The second kappa shape index (κ2) is 6.12. The Morgan fingerprint density at radius 1 is 1.47 bits per heavy atom. The van der Waals surface area contributed by atoms with Crippen LogP contribution in [0.5, 0.6) is 0 Å². The molecule has 1 heterocycles. The molecule has 1 aromatic heterocycles. The standard InChI is InChI=1S/C13H16N4O2/c14-4-5-17-7-12(15-9-17)13(19)16-11-3-1-2-10(6-11)8-18/h1-3,6-7,9,18H,4-5,8,14H2,(H,16,19). The quantitative estimate of drug-likeness (QED) is 0.733. The minimum Gasteiger partial charge on any atom is -0.392 e. The third-order valence-electron chi connectivity index (χ3n) is 2.62. The van der Waals surface area contributed by atoms with E-state index in [1.807, 2.05) is 0 Å². The van der Waals surface area contributed by atoms with Gasteiger partial charge in [-0.15, -0.1) is 0 Å². The minimum atomic E-state index is -0.286. The van der Waals surface area contributed by atoms with Gasteiger partial charge in [-0.2, -0.15) is 0 Å². The summed E-state index contributed by atoms with van der Waals surface area (Å²) in [5.41, 5.74) is 7.14. The summed E-state index contributed by atoms with van der Waals surface area (Å²) in [5.74, 6) is -0.286. The fraction of sp³-hybridized carbons (Fsp3) is 0.231. The van der Waals surface area contributed by atoms with Gasteiger partial charge in [0, 0.05) is 25.0 Å². The number of aromatic nitrogens is 2. The maximum absolute atomic E-state index is 12.0. The van der Waals surface area contributed by atoms with Crippen molar-refractivity contribution in [1.82, 2.24) is 9.55 Å². The molecule has 19 heavy (non-hydrogen) atoms. The zero-order valence-corrected chi connectivity index (χ0v) is 10.4. The van der Waals surface area contributed by atoms with Crippen molar-refractivity contribution in [3.8, 4) is 0 Å². The van der Waals surface area contributed by atoms with Crippen LogP contribution in [-0.4, -0.2) is 27.1 Å². The van der Waals surface area contributed by atoms with Crippen LogP contribution in [-0.2, 0) is 13.2 Å². The predicted molar refractivity (Wildman–Crippen MR) is 71.6 cm³/mol. The van der Waals surface area contributed by atoms with Crippen molar-refractivity contribution in [3.05, 3.63) is 48.0 Å². The summed E-state index contributed by atoms with van der Waals surface area (Å²) in [6.07, 6.45) is 3.23. The molecule has 0 atom stereocenters. The highest BCUT2D eigenvalue weighted by atomic mass is 16.3. The van der Waals surface area contributed by atoms with Crippen LogP contribution in [0.2, 0.25) is 0 Å². The minimum absolute atomic E-state index is 0.0607. The molecule has 0 spiro atoms. The van der Waals surface area contributed by atoms with E-state index in [-0.39, 0.29) is 12.5 Å². The number of benzene rings is 1. The number of rotatable bonds is 5. The molecule has 2 rings (SSSR count). The molecule has 6 heteroatoms. The summed E-state index contributed by atoms with van der Waals surface area (Å²) < 4.78 is 1.76. The fourth-order valence-electron chi connectivity index (χ4n) is 1.69. The molecule has 0 unspecified atom stereocenters. The lowest BCUT2D eigenvalue weighted by molar-refractivity contribution is 0.102. The van der Waals surface area contributed by atoms with E-state index in [1.54, 1.807) is 41.4 Å². The number of carbonyl (C=O) groups is 1. The van der Waals surface area contributed by atoms with Crippen LogP contribution in [0.25, 0.3) is 0 Å². The molecular weight excluding hydrogens is 244 g/mol. The third kappa shape index (κ3) is 3.40. The third-order valence-corrected chi connectivity index (χ3v) is 2.62. The monoisotopic (exact) mass is 260 g/mol. The number of nitrogens with two attached hydrogens (primary N) is 1. The van der Waals surface area contributed by atoms with Crippen LogP contribution in [0.3, 0.4) is 0 Å². The van der Waals surface area contributed by atoms with Gasteiger partial charge < -0.3 is 20.7 Å². The van der Waals surface area contributed by atoms with Gasteiger partial charge in [0.2, 0.25) is 0 Å². The molecule has 100 valence electrons. The summed E-state index contributed by atoms with van der Waals surface area (Å²) in [4.78, 5) is 16.0. The van der Waals surface area contributed by atoms with E-state index in [2.05, 4.69) is 10.3 Å². The second-order valence-electron chi connectivity index (χ2n) is 4.10. The second-order valence-corrected chi connectivity index (χ2v) is 4.10. The Labute approximate surface area is 110 Å². The first-order valence-electron chi connectivity index (χ1n) is 5.96. The highest BCUT2D eigenvalue weighted by molar-refractivity contribution is 6.02. The number of carbonyl (C=O) groups excluding carboxylic acids is 1. The molecule has 0 radical (unpaired) electrons. The van der Waals surface area contributed by atoms with Crippen LogP contribution in [0.1, 0.15) is 16.1 Å². The van der Waals surface area contributed by atoms with Gasteiger partial charge in [-0.1, -0.05) is 12.1 Å². The fourth-order valence-corrected chi connectivity index (χ4v) is 1.69. The molecule has 0 aliphatic rings. The molecule has 0 saturated carbocycles. The van der Waals surface area contributed by atoms with Crippen molar-refractivity contribution in [2.75, 3.05) is 11.9 Å². The molecule has 1 amide bonds. The highest BCUT2D eigenvalue weighted by Crippen LogP contribution is 2.11. The van der Waals surface area contributed by atoms with Gasteiger partial charge in [0.15, 0.2) is 0 Å². The lowest BCUT2D eigenvalue weighted by Crippen LogP contribution is -2.13. The molecular formula is C13H16N4O2. The van der Waals surface area contributed by atoms with Crippen molar-refractivity contribution in [3.63, 3.8) is 0 Å². The first-order chi connectivity index (χ1) is 9.22. The maximum Gasteiger partial charge on any atom is 0.275 e. The van der Waals surface area contributed by atoms with Gasteiger partial charge in [0.1, 0.15) is 5.69 Å². The zero-order valence-electron chi connectivity index (χ0n) is 10.4. The van der Waals surface area contributed by atoms with E-state index in [9.17, 15) is 4.79 Å². The van der Waals surface area contributed by atoms with E-state index in [0.717, 1.165) is 5.56 Å². The van der Waals surface area contributed by atoms with Gasteiger partial charge in [0.05, 0.1) is 12.9 Å². The smallest absolute Gasteiger partial charge is 0.275 e. The first kappa shape index (κ1) is 13.3. The molecule has 0 aliphatic carbocycles. The van der Waals surface area contributed by atoms with E-state index >= 15 is 0 Å². The van der Waals surface area contributed by atoms with Gasteiger partial charge in [-0.3, -0.25) is 4.79 Å². The SMILES string of the molecule is NCCn1cnc(C(=O)Nc2cccc(CO)c2)c1. The van der Waals surface area contributed by atoms with Gasteiger partial charge in [-0.25, -0.2) is 4.98 Å². The number of amides is 1. The Hall–Kier alpha value is -2.18. The topological polar surface area (TPSA) is 93.2 Å². The van der Waals surface area contributed by atoms with Crippen molar-refractivity contribution >= 4 is 11.6 Å². The summed E-state index contributed by atoms with van der Waals surface area (Å²) in [7, 11) is 0. The van der Waals surface area contributed by atoms with E-state index in [4.69, 9.17) is 10.8 Å². The molecule has 0 saturated heterocycles. The number of nitrogens with zero attached hydrogens (tertiary/aromatic N) is 2. The highest BCUT2D eigenvalue weighted by Gasteiger charge is 2.09. The van der Waals surface area contributed by atoms with Crippen LogP contribution in [0.4, 0.5) is 5.69 Å². The lowest BCUT2D eigenvalue weighted by Gasteiger charge is -2.04. The Balaban J connectivity index is 2.06. The number of aliphatic hydroxyl groups is 1. The van der Waals surface area contributed by atoms with Gasteiger partial charge in [-0.05, 0) is 17.7 Å². The number of imidazole rings is 1. The Kier molecular flexibility index (Phi) is 4.27. The van der Waals surface area contributed by atoms with Crippen LogP contribution in [0.15, 0.2) is 36.8 Å². The predicted octanol–water partition coefficient (Wildman–Crippen LogP) is 0.586. The molecule has 0 bridgehead atoms. The van der Waals surface area contributed by atoms with E-state index < -0.39 is 0 Å². The molecule has 1 aromatic carbocycles. The van der Waals surface area contributed by atoms with Crippen LogP contribution < -0.4 is 11.1 Å². The van der Waals surface area contributed by atoms with Crippen LogP contribution in [0, 0.1) is 0 Å². The summed E-state index contributed by atoms with van der Waals surface area (Å²) >= 11 is 0. The van der Waals surface area contributed by atoms with E-state index in [1.165, 1.54) is 0 Å². The van der Waals surface area contributed by atoms with Crippen molar-refractivity contribution in [1.29, 1.82) is 0 Å². The van der Waals surface area contributed by atoms with Crippen molar-refractivity contribution < 1.29 is 9.90 Å². The molecule has 0 aliphatic heterocycles. The number of nitrogens with one attached hydrogen (secondary N) is 1. The zero-order chi connectivity index (χ0) is 13.7. The maximum atomic E-state index is 12.0. The number of hydrogen-bond acceptors (Lipinski definition) is 4. The first-order valence-corrected chi connectivity index (χ1v) is 5.96. The lowest BCUT2D eigenvalue weighted by atomic mass is 10.2. The average Bonchev–Trinajstić information content (AvgIpc) is 2.88. The van der Waals surface area contributed by atoms with Crippen molar-refractivity contribution in [2.24, 2.45) is 5.73 Å².